The van der Waals surface area contributed by atoms with E-state index in [9.17, 15) is 4.79 Å². The molecule has 1 heterocycles. The summed E-state index contributed by atoms with van der Waals surface area (Å²) in [5.41, 5.74) is 3.16. The molecule has 1 N–H and O–H groups in total. The Balaban J connectivity index is 2.37. The van der Waals surface area contributed by atoms with Gasteiger partial charge >= 0.3 is 0 Å². The van der Waals surface area contributed by atoms with Crippen LogP contribution in [0.4, 0.5) is 5.69 Å². The molecular formula is C13H18N2O. The van der Waals surface area contributed by atoms with E-state index in [2.05, 4.69) is 36.2 Å². The van der Waals surface area contributed by atoms with Crippen LogP contribution in [-0.2, 0) is 6.54 Å². The molecule has 0 unspecified atom stereocenters. The molecule has 0 aliphatic carbocycles. The van der Waals surface area contributed by atoms with Crippen molar-refractivity contribution in [2.24, 2.45) is 0 Å². The van der Waals surface area contributed by atoms with Crippen molar-refractivity contribution < 1.29 is 4.79 Å². The number of ketones is 1. The average molecular weight is 218 g/mol. The first-order valence-corrected chi connectivity index (χ1v) is 5.88. The van der Waals surface area contributed by atoms with Gasteiger partial charge in [0, 0.05) is 30.9 Å². The van der Waals surface area contributed by atoms with Gasteiger partial charge in [-0.3, -0.25) is 4.79 Å². The molecule has 1 aliphatic rings. The van der Waals surface area contributed by atoms with Gasteiger partial charge in [0.25, 0.3) is 0 Å². The third-order valence-corrected chi connectivity index (χ3v) is 3.12. The first kappa shape index (κ1) is 11.1. The van der Waals surface area contributed by atoms with Crippen LogP contribution in [0.15, 0.2) is 18.2 Å². The van der Waals surface area contributed by atoms with Gasteiger partial charge in [-0.15, -0.1) is 0 Å². The molecule has 86 valence electrons. The largest absolute Gasteiger partial charge is 0.372 e. The van der Waals surface area contributed by atoms with Crippen molar-refractivity contribution in [2.45, 2.75) is 20.4 Å². The molecule has 0 saturated heterocycles. The van der Waals surface area contributed by atoms with Gasteiger partial charge in [-0.1, -0.05) is 6.07 Å². The lowest BCUT2D eigenvalue weighted by Crippen LogP contribution is -2.30. The number of hydrogen-bond acceptors (Lipinski definition) is 3. The monoisotopic (exact) mass is 218 g/mol. The van der Waals surface area contributed by atoms with E-state index >= 15 is 0 Å². The molecule has 0 atom stereocenters. The zero-order valence-electron chi connectivity index (χ0n) is 9.92. The molecule has 3 heteroatoms. The maximum atomic E-state index is 11.8. The highest BCUT2D eigenvalue weighted by atomic mass is 16.1. The van der Waals surface area contributed by atoms with Gasteiger partial charge in [0.1, 0.15) is 0 Å². The number of hydrogen-bond donors (Lipinski definition) is 1. The Morgan fingerprint density at radius 2 is 2.00 bits per heavy atom. The number of rotatable bonds is 3. The second kappa shape index (κ2) is 4.66. The topological polar surface area (TPSA) is 32.3 Å². The first-order chi connectivity index (χ1) is 7.76. The fraction of sp³-hybridized carbons (Fsp3) is 0.462. The molecule has 0 radical (unpaired) electrons. The molecule has 0 spiro atoms. The summed E-state index contributed by atoms with van der Waals surface area (Å²) in [5, 5.41) is 3.10. The third kappa shape index (κ3) is 1.95. The van der Waals surface area contributed by atoms with Crippen molar-refractivity contribution in [3.63, 3.8) is 0 Å². The average Bonchev–Trinajstić information content (AvgIpc) is 2.32. The van der Waals surface area contributed by atoms with E-state index in [1.54, 1.807) is 0 Å². The van der Waals surface area contributed by atoms with Crippen molar-refractivity contribution in [1.29, 1.82) is 0 Å². The maximum Gasteiger partial charge on any atom is 0.177 e. The van der Waals surface area contributed by atoms with Gasteiger partial charge in [-0.2, -0.15) is 0 Å². The standard InChI is InChI=1S/C13H18N2O/c1-3-15(4-2)11-6-5-10-8-14-9-13(16)12(10)7-11/h5-7,14H,3-4,8-9H2,1-2H3. The number of nitrogens with zero attached hydrogens (tertiary/aromatic N) is 1. The summed E-state index contributed by atoms with van der Waals surface area (Å²) in [6.45, 7) is 7.48. The van der Waals surface area contributed by atoms with Crippen molar-refractivity contribution in [3.8, 4) is 0 Å². The highest BCUT2D eigenvalue weighted by Gasteiger charge is 2.17. The predicted octanol–water partition coefficient (Wildman–Crippen LogP) is 1.82. The highest BCUT2D eigenvalue weighted by Crippen LogP contribution is 2.21. The van der Waals surface area contributed by atoms with E-state index < -0.39 is 0 Å². The van der Waals surface area contributed by atoms with Gasteiger partial charge in [-0.25, -0.2) is 0 Å². The minimum Gasteiger partial charge on any atom is -0.372 e. The van der Waals surface area contributed by atoms with Gasteiger partial charge in [-0.05, 0) is 31.5 Å². The molecule has 1 aromatic carbocycles. The number of carbonyl (C=O) groups is 1. The van der Waals surface area contributed by atoms with Crippen LogP contribution in [0.2, 0.25) is 0 Å². The Kier molecular flexibility index (Phi) is 3.25. The molecule has 0 bridgehead atoms. The first-order valence-electron chi connectivity index (χ1n) is 5.88. The number of carbonyl (C=O) groups excluding carboxylic acids is 1. The van der Waals surface area contributed by atoms with Crippen LogP contribution in [0.5, 0.6) is 0 Å². The summed E-state index contributed by atoms with van der Waals surface area (Å²) in [6.07, 6.45) is 0. The second-order valence-corrected chi connectivity index (χ2v) is 4.04. The van der Waals surface area contributed by atoms with Crippen molar-refractivity contribution in [2.75, 3.05) is 24.5 Å². The quantitative estimate of drug-likeness (QED) is 0.840. The van der Waals surface area contributed by atoms with E-state index in [1.165, 1.54) is 0 Å². The summed E-state index contributed by atoms with van der Waals surface area (Å²) in [6, 6.07) is 6.20. The summed E-state index contributed by atoms with van der Waals surface area (Å²) in [4.78, 5) is 14.0. The van der Waals surface area contributed by atoms with Crippen LogP contribution >= 0.6 is 0 Å². The lowest BCUT2D eigenvalue weighted by Gasteiger charge is -2.24. The smallest absolute Gasteiger partial charge is 0.177 e. The fourth-order valence-corrected chi connectivity index (χ4v) is 2.17. The number of nitrogens with one attached hydrogen (secondary N) is 1. The molecule has 1 aromatic rings. The SMILES string of the molecule is CCN(CC)c1ccc2c(c1)C(=O)CNC2. The Hall–Kier alpha value is -1.35. The lowest BCUT2D eigenvalue weighted by atomic mass is 9.99. The fourth-order valence-electron chi connectivity index (χ4n) is 2.17. The Morgan fingerprint density at radius 3 is 2.69 bits per heavy atom. The van der Waals surface area contributed by atoms with Crippen LogP contribution in [0.25, 0.3) is 0 Å². The maximum absolute atomic E-state index is 11.8. The van der Waals surface area contributed by atoms with Gasteiger partial charge < -0.3 is 10.2 Å². The molecule has 2 rings (SSSR count). The van der Waals surface area contributed by atoms with E-state index in [4.69, 9.17) is 0 Å². The van der Waals surface area contributed by atoms with E-state index in [0.29, 0.717) is 6.54 Å². The molecule has 0 saturated carbocycles. The summed E-state index contributed by atoms with van der Waals surface area (Å²) < 4.78 is 0. The van der Waals surface area contributed by atoms with Crippen molar-refractivity contribution in [1.82, 2.24) is 5.32 Å². The van der Waals surface area contributed by atoms with Crippen molar-refractivity contribution in [3.05, 3.63) is 29.3 Å². The molecule has 0 fully saturated rings. The Bertz CT molecular complexity index is 397. The van der Waals surface area contributed by atoms with E-state index in [-0.39, 0.29) is 5.78 Å². The van der Waals surface area contributed by atoms with Crippen LogP contribution in [-0.4, -0.2) is 25.4 Å². The second-order valence-electron chi connectivity index (χ2n) is 4.04. The molecule has 3 nitrogen and oxygen atoms in total. The van der Waals surface area contributed by atoms with Crippen LogP contribution in [0.3, 0.4) is 0 Å². The summed E-state index contributed by atoms with van der Waals surface area (Å²) in [5.74, 6) is 0.204. The van der Waals surface area contributed by atoms with Crippen LogP contribution in [0.1, 0.15) is 29.8 Å². The Morgan fingerprint density at radius 1 is 1.25 bits per heavy atom. The minimum absolute atomic E-state index is 0.204. The normalized spacial score (nSPS) is 14.8. The van der Waals surface area contributed by atoms with Gasteiger partial charge in [0.05, 0.1) is 6.54 Å². The number of anilines is 1. The van der Waals surface area contributed by atoms with Gasteiger partial charge in [0.15, 0.2) is 5.78 Å². The molecular weight excluding hydrogens is 200 g/mol. The van der Waals surface area contributed by atoms with Crippen LogP contribution < -0.4 is 10.2 Å². The van der Waals surface area contributed by atoms with Crippen LogP contribution in [0, 0.1) is 0 Å². The molecule has 1 aliphatic heterocycles. The molecule has 0 amide bonds. The van der Waals surface area contributed by atoms with E-state index in [1.807, 2.05) is 6.07 Å². The summed E-state index contributed by atoms with van der Waals surface area (Å²) >= 11 is 0. The minimum atomic E-state index is 0.204. The van der Waals surface area contributed by atoms with Gasteiger partial charge in [0.2, 0.25) is 0 Å². The number of benzene rings is 1. The summed E-state index contributed by atoms with van der Waals surface area (Å²) in [7, 11) is 0. The number of Topliss-reactive ketones (excluding diaryl/α,β-unsaturated/α-hetero) is 1. The van der Waals surface area contributed by atoms with E-state index in [0.717, 1.165) is 36.4 Å². The zero-order valence-corrected chi connectivity index (χ0v) is 9.92. The Labute approximate surface area is 96.5 Å². The molecule has 16 heavy (non-hydrogen) atoms. The molecule has 0 aromatic heterocycles. The third-order valence-electron chi connectivity index (χ3n) is 3.12. The highest BCUT2D eigenvalue weighted by molar-refractivity contribution is 6.00. The lowest BCUT2D eigenvalue weighted by molar-refractivity contribution is 0.0982. The predicted molar refractivity (Wildman–Crippen MR) is 66.0 cm³/mol. The zero-order chi connectivity index (χ0) is 11.5. The number of fused-ring (bicyclic) bond motifs is 1. The van der Waals surface area contributed by atoms with Crippen molar-refractivity contribution >= 4 is 11.5 Å².